The van der Waals surface area contributed by atoms with Crippen molar-refractivity contribution < 1.29 is 0 Å². The number of rotatable bonds is 3. The van der Waals surface area contributed by atoms with Gasteiger partial charge in [-0.1, -0.05) is 26.3 Å². The van der Waals surface area contributed by atoms with Crippen LogP contribution in [0.5, 0.6) is 0 Å². The van der Waals surface area contributed by atoms with Crippen LogP contribution in [0.2, 0.25) is 0 Å². The first-order valence-electron chi connectivity index (χ1n) is 7.41. The topological polar surface area (TPSA) is 56.2 Å². The van der Waals surface area contributed by atoms with Crippen LogP contribution in [-0.2, 0) is 6.42 Å². The second-order valence-corrected chi connectivity index (χ2v) is 6.09. The van der Waals surface area contributed by atoms with Gasteiger partial charge in [-0.2, -0.15) is 0 Å². The maximum absolute atomic E-state index is 5.80. The van der Waals surface area contributed by atoms with E-state index in [1.54, 1.807) is 0 Å². The Labute approximate surface area is 119 Å². The third kappa shape index (κ3) is 2.55. The molecule has 106 valence electrons. The van der Waals surface area contributed by atoms with Crippen molar-refractivity contribution in [2.24, 2.45) is 17.6 Å². The SMILES string of the molecule is C=C(N)c1cn2ccnc2c(CC2CCC(C)CC2)n1. The van der Waals surface area contributed by atoms with Crippen LogP contribution in [0.3, 0.4) is 0 Å². The van der Waals surface area contributed by atoms with Gasteiger partial charge in [-0.3, -0.25) is 0 Å². The van der Waals surface area contributed by atoms with Crippen LogP contribution in [0.1, 0.15) is 44.0 Å². The highest BCUT2D eigenvalue weighted by Gasteiger charge is 2.20. The van der Waals surface area contributed by atoms with E-state index in [4.69, 9.17) is 5.73 Å². The van der Waals surface area contributed by atoms with Gasteiger partial charge in [0.15, 0.2) is 5.65 Å². The highest BCUT2D eigenvalue weighted by Crippen LogP contribution is 2.31. The lowest BCUT2D eigenvalue weighted by molar-refractivity contribution is 0.287. The standard InChI is InChI=1S/C16H22N4/c1-11-3-5-13(6-4-11)9-14-16-18-7-8-20(16)10-15(19-14)12(2)17/h7-8,10-11,13H,2-6,9,17H2,1H3. The average molecular weight is 270 g/mol. The van der Waals surface area contributed by atoms with E-state index in [9.17, 15) is 0 Å². The molecule has 4 nitrogen and oxygen atoms in total. The normalized spacial score (nSPS) is 23.1. The molecule has 0 unspecified atom stereocenters. The molecule has 2 N–H and O–H groups in total. The van der Waals surface area contributed by atoms with Crippen molar-refractivity contribution in [3.05, 3.63) is 36.6 Å². The van der Waals surface area contributed by atoms with E-state index < -0.39 is 0 Å². The lowest BCUT2D eigenvalue weighted by atomic mass is 9.81. The minimum absolute atomic E-state index is 0.513. The van der Waals surface area contributed by atoms with Crippen molar-refractivity contribution in [3.63, 3.8) is 0 Å². The Morgan fingerprint density at radius 1 is 1.40 bits per heavy atom. The van der Waals surface area contributed by atoms with Gasteiger partial charge in [0.25, 0.3) is 0 Å². The van der Waals surface area contributed by atoms with Gasteiger partial charge in [-0.05, 0) is 31.1 Å². The predicted octanol–water partition coefficient (Wildman–Crippen LogP) is 3.03. The summed E-state index contributed by atoms with van der Waals surface area (Å²) in [5.74, 6) is 1.60. The summed E-state index contributed by atoms with van der Waals surface area (Å²) in [5, 5.41) is 0. The molecular weight excluding hydrogens is 248 g/mol. The van der Waals surface area contributed by atoms with E-state index in [-0.39, 0.29) is 0 Å². The zero-order chi connectivity index (χ0) is 14.1. The Balaban J connectivity index is 1.89. The summed E-state index contributed by atoms with van der Waals surface area (Å²) in [6, 6.07) is 0. The van der Waals surface area contributed by atoms with Crippen LogP contribution in [0.15, 0.2) is 25.2 Å². The summed E-state index contributed by atoms with van der Waals surface area (Å²) in [7, 11) is 0. The molecular formula is C16H22N4. The maximum Gasteiger partial charge on any atom is 0.158 e. The highest BCUT2D eigenvalue weighted by atomic mass is 15.0. The van der Waals surface area contributed by atoms with E-state index in [1.165, 1.54) is 25.7 Å². The van der Waals surface area contributed by atoms with Gasteiger partial charge in [0, 0.05) is 18.6 Å². The molecule has 20 heavy (non-hydrogen) atoms. The highest BCUT2D eigenvalue weighted by molar-refractivity contribution is 5.58. The Bertz CT molecular complexity index is 620. The van der Waals surface area contributed by atoms with Crippen molar-refractivity contribution in [2.45, 2.75) is 39.0 Å². The molecule has 3 rings (SSSR count). The molecule has 0 aromatic carbocycles. The third-order valence-electron chi connectivity index (χ3n) is 4.39. The maximum atomic E-state index is 5.80. The molecule has 1 aliphatic carbocycles. The fourth-order valence-electron chi connectivity index (χ4n) is 3.10. The molecule has 2 heterocycles. The summed E-state index contributed by atoms with van der Waals surface area (Å²) >= 11 is 0. The van der Waals surface area contributed by atoms with Crippen molar-refractivity contribution >= 4 is 11.3 Å². The quantitative estimate of drug-likeness (QED) is 0.932. The van der Waals surface area contributed by atoms with E-state index >= 15 is 0 Å². The van der Waals surface area contributed by atoms with Crippen LogP contribution in [0.4, 0.5) is 0 Å². The molecule has 0 atom stereocenters. The minimum atomic E-state index is 0.513. The molecule has 4 heteroatoms. The van der Waals surface area contributed by atoms with E-state index in [2.05, 4.69) is 23.5 Å². The second-order valence-electron chi connectivity index (χ2n) is 6.09. The summed E-state index contributed by atoms with van der Waals surface area (Å²) in [5.41, 5.74) is 9.08. The average Bonchev–Trinajstić information content (AvgIpc) is 2.89. The van der Waals surface area contributed by atoms with Crippen LogP contribution in [0, 0.1) is 11.8 Å². The first-order valence-corrected chi connectivity index (χ1v) is 7.41. The Hall–Kier alpha value is -1.84. The van der Waals surface area contributed by atoms with Crippen LogP contribution in [0.25, 0.3) is 11.3 Å². The molecule has 0 bridgehead atoms. The number of fused-ring (bicyclic) bond motifs is 1. The number of nitrogens with zero attached hydrogens (tertiary/aromatic N) is 3. The molecule has 0 saturated heterocycles. The van der Waals surface area contributed by atoms with Crippen LogP contribution in [-0.4, -0.2) is 14.4 Å². The first kappa shape index (κ1) is 13.2. The Morgan fingerprint density at radius 2 is 2.15 bits per heavy atom. The molecule has 0 radical (unpaired) electrons. The van der Waals surface area contributed by atoms with E-state index in [0.29, 0.717) is 5.70 Å². The van der Waals surface area contributed by atoms with E-state index in [0.717, 1.165) is 35.3 Å². The molecule has 1 fully saturated rings. The molecule has 2 aromatic rings. The van der Waals surface area contributed by atoms with Crippen molar-refractivity contribution in [1.29, 1.82) is 0 Å². The summed E-state index contributed by atoms with van der Waals surface area (Å²) < 4.78 is 2.00. The molecule has 0 aliphatic heterocycles. The first-order chi connectivity index (χ1) is 9.63. The number of imidazole rings is 1. The molecule has 2 aromatic heterocycles. The fraction of sp³-hybridized carbons (Fsp3) is 0.500. The fourth-order valence-corrected chi connectivity index (χ4v) is 3.10. The van der Waals surface area contributed by atoms with E-state index in [1.807, 2.05) is 23.0 Å². The van der Waals surface area contributed by atoms with Gasteiger partial charge in [0.2, 0.25) is 0 Å². The Morgan fingerprint density at radius 3 is 2.85 bits per heavy atom. The number of hydrogen-bond donors (Lipinski definition) is 1. The third-order valence-corrected chi connectivity index (χ3v) is 4.39. The van der Waals surface area contributed by atoms with Crippen LogP contribution >= 0.6 is 0 Å². The zero-order valence-electron chi connectivity index (χ0n) is 12.0. The number of hydrogen-bond acceptors (Lipinski definition) is 3. The predicted molar refractivity (Wildman–Crippen MR) is 81.0 cm³/mol. The molecule has 0 amide bonds. The summed E-state index contributed by atoms with van der Waals surface area (Å²) in [6.45, 7) is 6.14. The molecule has 1 saturated carbocycles. The van der Waals surface area contributed by atoms with Gasteiger partial charge >= 0.3 is 0 Å². The van der Waals surface area contributed by atoms with Gasteiger partial charge in [-0.15, -0.1) is 0 Å². The summed E-state index contributed by atoms with van der Waals surface area (Å²) in [4.78, 5) is 9.11. The Kier molecular flexibility index (Phi) is 3.47. The van der Waals surface area contributed by atoms with Gasteiger partial charge in [-0.25, -0.2) is 9.97 Å². The lowest BCUT2D eigenvalue weighted by Crippen LogP contribution is -2.16. The monoisotopic (exact) mass is 270 g/mol. The molecule has 0 spiro atoms. The van der Waals surface area contributed by atoms with Gasteiger partial charge < -0.3 is 10.1 Å². The summed E-state index contributed by atoms with van der Waals surface area (Å²) in [6.07, 6.45) is 11.9. The largest absolute Gasteiger partial charge is 0.397 e. The minimum Gasteiger partial charge on any atom is -0.397 e. The number of aromatic nitrogens is 3. The lowest BCUT2D eigenvalue weighted by Gasteiger charge is -2.26. The van der Waals surface area contributed by atoms with Gasteiger partial charge in [0.05, 0.1) is 11.4 Å². The van der Waals surface area contributed by atoms with Crippen LogP contribution < -0.4 is 5.73 Å². The second kappa shape index (κ2) is 5.27. The number of nitrogens with two attached hydrogens (primary N) is 1. The smallest absolute Gasteiger partial charge is 0.158 e. The molecule has 1 aliphatic rings. The zero-order valence-corrected chi connectivity index (χ0v) is 12.0. The van der Waals surface area contributed by atoms with Crippen molar-refractivity contribution in [1.82, 2.24) is 14.4 Å². The van der Waals surface area contributed by atoms with Gasteiger partial charge in [0.1, 0.15) is 5.69 Å². The van der Waals surface area contributed by atoms with Crippen molar-refractivity contribution in [3.8, 4) is 0 Å². The van der Waals surface area contributed by atoms with Crippen molar-refractivity contribution in [2.75, 3.05) is 0 Å².